The van der Waals surface area contributed by atoms with E-state index < -0.39 is 0 Å². The Kier molecular flexibility index (Phi) is 6.77. The maximum absolute atomic E-state index is 12.3. The van der Waals surface area contributed by atoms with Crippen molar-refractivity contribution in [2.75, 3.05) is 18.2 Å². The van der Waals surface area contributed by atoms with Crippen LogP contribution < -0.4 is 14.8 Å². The quantitative estimate of drug-likeness (QED) is 0.568. The zero-order valence-corrected chi connectivity index (χ0v) is 17.7. The number of rotatable bonds is 8. The zero-order chi connectivity index (χ0) is 20.8. The highest BCUT2D eigenvalue weighted by atomic mass is 32.2. The van der Waals surface area contributed by atoms with Crippen LogP contribution in [0.4, 0.5) is 5.69 Å². The molecule has 0 spiro atoms. The Balaban J connectivity index is 1.54. The van der Waals surface area contributed by atoms with E-state index in [0.717, 1.165) is 28.3 Å². The van der Waals surface area contributed by atoms with Crippen LogP contribution >= 0.6 is 11.8 Å². The van der Waals surface area contributed by atoms with Gasteiger partial charge in [0, 0.05) is 12.7 Å². The molecule has 2 aromatic carbocycles. The van der Waals surface area contributed by atoms with Gasteiger partial charge in [-0.2, -0.15) is 0 Å². The number of aryl methyl sites for hydroxylation is 2. The Labute approximate surface area is 174 Å². The molecule has 0 unspecified atom stereocenters. The number of para-hydroxylation sites is 1. The number of aromatic nitrogens is 3. The maximum atomic E-state index is 12.3. The summed E-state index contributed by atoms with van der Waals surface area (Å²) in [5.74, 6) is 2.34. The molecule has 0 saturated heterocycles. The van der Waals surface area contributed by atoms with Gasteiger partial charge in [0.25, 0.3) is 0 Å². The van der Waals surface area contributed by atoms with Crippen LogP contribution in [0.25, 0.3) is 0 Å². The van der Waals surface area contributed by atoms with Crippen LogP contribution in [-0.2, 0) is 18.4 Å². The number of amides is 1. The summed E-state index contributed by atoms with van der Waals surface area (Å²) < 4.78 is 12.7. The zero-order valence-electron chi connectivity index (χ0n) is 16.9. The average Bonchev–Trinajstić information content (AvgIpc) is 3.07. The molecule has 0 aliphatic carbocycles. The number of methoxy groups -OCH3 is 1. The minimum Gasteiger partial charge on any atom is -0.497 e. The predicted octanol–water partition coefficient (Wildman–Crippen LogP) is 3.75. The number of benzene rings is 2. The maximum Gasteiger partial charge on any atom is 0.234 e. The first-order chi connectivity index (χ1) is 14.0. The Bertz CT molecular complexity index is 966. The topological polar surface area (TPSA) is 78.3 Å². The number of nitrogens with one attached hydrogen (secondary N) is 1. The average molecular weight is 413 g/mol. The van der Waals surface area contributed by atoms with Gasteiger partial charge in [0.05, 0.1) is 12.9 Å². The smallest absolute Gasteiger partial charge is 0.234 e. The minimum absolute atomic E-state index is 0.0774. The highest BCUT2D eigenvalue weighted by molar-refractivity contribution is 7.99. The standard InChI is InChI=1S/C21H24N4O3S/c1-14-6-5-7-15(2)20(14)22-19(26)13-29-21-24-23-18(25(21)3)12-28-17-10-8-16(27-4)9-11-17/h5-11H,12-13H2,1-4H3,(H,22,26). The SMILES string of the molecule is COc1ccc(OCc2nnc(SCC(=O)Nc3c(C)cccc3C)n2C)cc1. The van der Waals surface area contributed by atoms with E-state index in [-0.39, 0.29) is 18.3 Å². The number of nitrogens with zero attached hydrogens (tertiary/aromatic N) is 3. The molecule has 1 N–H and O–H groups in total. The largest absolute Gasteiger partial charge is 0.497 e. The number of thioether (sulfide) groups is 1. The Morgan fingerprint density at radius 2 is 1.72 bits per heavy atom. The summed E-state index contributed by atoms with van der Waals surface area (Å²) in [7, 11) is 3.48. The van der Waals surface area contributed by atoms with E-state index in [2.05, 4.69) is 15.5 Å². The molecule has 3 rings (SSSR count). The molecule has 0 radical (unpaired) electrons. The predicted molar refractivity (Wildman–Crippen MR) is 114 cm³/mol. The lowest BCUT2D eigenvalue weighted by Crippen LogP contribution is -2.16. The van der Waals surface area contributed by atoms with Crippen molar-refractivity contribution < 1.29 is 14.3 Å². The number of ether oxygens (including phenoxy) is 2. The molecule has 7 nitrogen and oxygen atoms in total. The molecule has 1 aromatic heterocycles. The van der Waals surface area contributed by atoms with Crippen LogP contribution in [0.3, 0.4) is 0 Å². The molecule has 1 heterocycles. The second-order valence-electron chi connectivity index (χ2n) is 6.53. The summed E-state index contributed by atoms with van der Waals surface area (Å²) in [6.07, 6.45) is 0. The van der Waals surface area contributed by atoms with Crippen molar-refractivity contribution in [3.8, 4) is 11.5 Å². The molecule has 0 fully saturated rings. The summed E-state index contributed by atoms with van der Waals surface area (Å²) in [5.41, 5.74) is 2.95. The lowest BCUT2D eigenvalue weighted by atomic mass is 10.1. The lowest BCUT2D eigenvalue weighted by molar-refractivity contribution is -0.113. The van der Waals surface area contributed by atoms with E-state index in [1.54, 1.807) is 7.11 Å². The highest BCUT2D eigenvalue weighted by Gasteiger charge is 2.13. The Morgan fingerprint density at radius 1 is 1.07 bits per heavy atom. The van der Waals surface area contributed by atoms with E-state index in [1.807, 2.05) is 67.9 Å². The third kappa shape index (κ3) is 5.29. The molecule has 152 valence electrons. The van der Waals surface area contributed by atoms with Gasteiger partial charge >= 0.3 is 0 Å². The van der Waals surface area contributed by atoms with Crippen LogP contribution in [0, 0.1) is 13.8 Å². The van der Waals surface area contributed by atoms with E-state index in [0.29, 0.717) is 11.0 Å². The highest BCUT2D eigenvalue weighted by Crippen LogP contribution is 2.22. The van der Waals surface area contributed by atoms with Crippen LogP contribution in [0.15, 0.2) is 47.6 Å². The van der Waals surface area contributed by atoms with Gasteiger partial charge in [0.15, 0.2) is 11.0 Å². The first-order valence-electron chi connectivity index (χ1n) is 9.12. The van der Waals surface area contributed by atoms with Crippen LogP contribution in [0.1, 0.15) is 17.0 Å². The molecular weight excluding hydrogens is 388 g/mol. The monoisotopic (exact) mass is 412 g/mol. The number of hydrogen-bond donors (Lipinski definition) is 1. The fraction of sp³-hybridized carbons (Fsp3) is 0.286. The number of carbonyl (C=O) groups excluding carboxylic acids is 1. The molecule has 8 heteroatoms. The molecule has 0 saturated carbocycles. The van der Waals surface area contributed by atoms with Crippen molar-refractivity contribution >= 4 is 23.4 Å². The first-order valence-corrected chi connectivity index (χ1v) is 10.1. The molecule has 0 aliphatic rings. The van der Waals surface area contributed by atoms with Gasteiger partial charge in [-0.1, -0.05) is 30.0 Å². The van der Waals surface area contributed by atoms with E-state index in [1.165, 1.54) is 11.8 Å². The van der Waals surface area contributed by atoms with Crippen molar-refractivity contribution in [2.24, 2.45) is 7.05 Å². The van der Waals surface area contributed by atoms with Gasteiger partial charge in [-0.15, -0.1) is 10.2 Å². The number of hydrogen-bond acceptors (Lipinski definition) is 6. The van der Waals surface area contributed by atoms with E-state index in [9.17, 15) is 4.79 Å². The summed E-state index contributed by atoms with van der Waals surface area (Å²) >= 11 is 1.34. The van der Waals surface area contributed by atoms with Crippen LogP contribution in [0.2, 0.25) is 0 Å². The first kappa shape index (κ1) is 20.7. The summed E-state index contributed by atoms with van der Waals surface area (Å²) in [4.78, 5) is 12.3. The minimum atomic E-state index is -0.0774. The van der Waals surface area contributed by atoms with Gasteiger partial charge < -0.3 is 19.4 Å². The molecule has 1 amide bonds. The van der Waals surface area contributed by atoms with Gasteiger partial charge in [-0.3, -0.25) is 4.79 Å². The van der Waals surface area contributed by atoms with Crippen molar-refractivity contribution in [3.05, 3.63) is 59.4 Å². The fourth-order valence-corrected chi connectivity index (χ4v) is 3.46. The summed E-state index contributed by atoms with van der Waals surface area (Å²) in [6.45, 7) is 4.24. The van der Waals surface area contributed by atoms with Gasteiger partial charge in [0.2, 0.25) is 5.91 Å². The summed E-state index contributed by atoms with van der Waals surface area (Å²) in [6, 6.07) is 13.3. The molecule has 0 atom stereocenters. The van der Waals surface area contributed by atoms with Crippen molar-refractivity contribution in [1.82, 2.24) is 14.8 Å². The second kappa shape index (κ2) is 9.47. The molecular formula is C21H24N4O3S. The van der Waals surface area contributed by atoms with Crippen LogP contribution in [-0.4, -0.2) is 33.5 Å². The summed E-state index contributed by atoms with van der Waals surface area (Å²) in [5, 5.41) is 12.0. The molecule has 29 heavy (non-hydrogen) atoms. The molecule has 0 bridgehead atoms. The van der Waals surface area contributed by atoms with E-state index in [4.69, 9.17) is 9.47 Å². The number of carbonyl (C=O) groups is 1. The van der Waals surface area contributed by atoms with Crippen molar-refractivity contribution in [3.63, 3.8) is 0 Å². The third-order valence-electron chi connectivity index (χ3n) is 4.43. The molecule has 3 aromatic rings. The molecule has 0 aliphatic heterocycles. The Morgan fingerprint density at radius 3 is 2.38 bits per heavy atom. The van der Waals surface area contributed by atoms with Crippen molar-refractivity contribution in [1.29, 1.82) is 0 Å². The fourth-order valence-electron chi connectivity index (χ4n) is 2.73. The van der Waals surface area contributed by atoms with Crippen LogP contribution in [0.5, 0.6) is 11.5 Å². The number of anilines is 1. The van der Waals surface area contributed by atoms with Gasteiger partial charge in [-0.25, -0.2) is 0 Å². The van der Waals surface area contributed by atoms with Gasteiger partial charge in [-0.05, 0) is 49.2 Å². The van der Waals surface area contributed by atoms with Gasteiger partial charge in [0.1, 0.15) is 18.1 Å². The lowest BCUT2D eigenvalue weighted by Gasteiger charge is -2.11. The van der Waals surface area contributed by atoms with Crippen molar-refractivity contribution in [2.45, 2.75) is 25.6 Å². The normalized spacial score (nSPS) is 10.6. The third-order valence-corrected chi connectivity index (χ3v) is 5.45. The van der Waals surface area contributed by atoms with E-state index >= 15 is 0 Å². The Hall–Kier alpha value is -3.00. The second-order valence-corrected chi connectivity index (χ2v) is 7.47.